The Hall–Kier alpha value is -2.24. The predicted octanol–water partition coefficient (Wildman–Crippen LogP) is 3.07. The molecule has 0 spiro atoms. The van der Waals surface area contributed by atoms with E-state index in [0.29, 0.717) is 24.6 Å². The number of halogens is 3. The number of hydrogen-bond donors (Lipinski definition) is 2. The molecule has 0 radical (unpaired) electrons. The molecule has 0 saturated heterocycles. The van der Waals surface area contributed by atoms with E-state index in [4.69, 9.17) is 0 Å². The number of alkyl halides is 2. The van der Waals surface area contributed by atoms with Gasteiger partial charge in [0.1, 0.15) is 11.6 Å². The van der Waals surface area contributed by atoms with Gasteiger partial charge in [-0.2, -0.15) is 8.78 Å². The van der Waals surface area contributed by atoms with Gasteiger partial charge in [-0.15, -0.1) is 40.8 Å². The maximum absolute atomic E-state index is 12.6. The molecule has 154 valence electrons. The molecule has 2 rings (SSSR count). The van der Waals surface area contributed by atoms with Crippen LogP contribution in [0, 0.1) is 13.8 Å². The number of nitrogens with zero attached hydrogens (tertiary/aromatic N) is 4. The molecule has 7 nitrogen and oxygen atoms in total. The van der Waals surface area contributed by atoms with Crippen molar-refractivity contribution in [3.05, 3.63) is 53.6 Å². The summed E-state index contributed by atoms with van der Waals surface area (Å²) in [4.78, 5) is 4.46. The first-order chi connectivity index (χ1) is 12.9. The van der Waals surface area contributed by atoms with E-state index >= 15 is 0 Å². The number of aromatic nitrogens is 3. The Morgan fingerprint density at radius 2 is 2.07 bits per heavy atom. The summed E-state index contributed by atoms with van der Waals surface area (Å²) in [6.45, 7) is 5.62. The molecule has 0 aliphatic rings. The fourth-order valence-electron chi connectivity index (χ4n) is 2.32. The van der Waals surface area contributed by atoms with E-state index < -0.39 is 6.61 Å². The first-order valence-corrected chi connectivity index (χ1v) is 8.43. The Kier molecular flexibility index (Phi) is 9.83. The molecule has 1 heterocycles. The lowest BCUT2D eigenvalue weighted by Gasteiger charge is -2.13. The lowest BCUT2D eigenvalue weighted by molar-refractivity contribution is -0.0504. The Morgan fingerprint density at radius 3 is 2.68 bits per heavy atom. The van der Waals surface area contributed by atoms with Gasteiger partial charge in [-0.1, -0.05) is 23.8 Å². The van der Waals surface area contributed by atoms with Gasteiger partial charge in [-0.3, -0.25) is 0 Å². The molecular weight excluding hydrogens is 481 g/mol. The summed E-state index contributed by atoms with van der Waals surface area (Å²) in [7, 11) is 1.88. The van der Waals surface area contributed by atoms with Crippen molar-refractivity contribution in [3.8, 4) is 5.75 Å². The minimum absolute atomic E-state index is 0. The van der Waals surface area contributed by atoms with Gasteiger partial charge in [0, 0.05) is 19.2 Å². The van der Waals surface area contributed by atoms with Gasteiger partial charge in [0.2, 0.25) is 0 Å². The molecular formula is C18H25F2IN6O. The topological polar surface area (TPSA) is 76.4 Å². The smallest absolute Gasteiger partial charge is 0.387 e. The molecule has 2 aromatic rings. The Balaban J connectivity index is 0.00000392. The van der Waals surface area contributed by atoms with Crippen LogP contribution in [-0.2, 0) is 20.1 Å². The second-order valence-corrected chi connectivity index (χ2v) is 5.90. The van der Waals surface area contributed by atoms with Crippen LogP contribution in [0.3, 0.4) is 0 Å². The van der Waals surface area contributed by atoms with Crippen LogP contribution in [0.4, 0.5) is 8.78 Å². The maximum atomic E-state index is 12.6. The summed E-state index contributed by atoms with van der Waals surface area (Å²) in [6, 6.07) is 5.02. The number of benzene rings is 1. The first-order valence-electron chi connectivity index (χ1n) is 8.43. The van der Waals surface area contributed by atoms with Crippen molar-refractivity contribution in [2.24, 2.45) is 12.0 Å². The average molecular weight is 506 g/mol. The van der Waals surface area contributed by atoms with Crippen LogP contribution < -0.4 is 15.4 Å². The Labute approximate surface area is 180 Å². The molecule has 2 N–H and O–H groups in total. The minimum atomic E-state index is -2.88. The van der Waals surface area contributed by atoms with Crippen molar-refractivity contribution < 1.29 is 13.5 Å². The van der Waals surface area contributed by atoms with Crippen molar-refractivity contribution >= 4 is 29.9 Å². The summed E-state index contributed by atoms with van der Waals surface area (Å²) in [6.07, 6.45) is 1.70. The molecule has 0 atom stereocenters. The number of guanidine groups is 1. The quantitative estimate of drug-likeness (QED) is 0.249. The third-order valence-electron chi connectivity index (χ3n) is 3.85. The van der Waals surface area contributed by atoms with Crippen LogP contribution in [0.2, 0.25) is 0 Å². The predicted molar refractivity (Wildman–Crippen MR) is 115 cm³/mol. The zero-order chi connectivity index (χ0) is 19.8. The number of aryl methyl sites for hydroxylation is 2. The standard InChI is InChI=1S/C18H24F2N6O.HI/c1-5-8-21-18(23-11-16-25-24-13(3)26(16)4)22-10-14-9-12(2)6-7-15(14)27-17(19)20;/h5-7,9,17H,1,8,10-11H2,2-4H3,(H2,21,22,23);1H. The zero-order valence-electron chi connectivity index (χ0n) is 16.1. The third kappa shape index (κ3) is 7.06. The lowest BCUT2D eigenvalue weighted by atomic mass is 10.1. The van der Waals surface area contributed by atoms with Gasteiger partial charge >= 0.3 is 6.61 Å². The minimum Gasteiger partial charge on any atom is -0.434 e. The summed E-state index contributed by atoms with van der Waals surface area (Å²) >= 11 is 0. The highest BCUT2D eigenvalue weighted by molar-refractivity contribution is 14.0. The fraction of sp³-hybridized carbons (Fsp3) is 0.389. The van der Waals surface area contributed by atoms with Crippen molar-refractivity contribution in [3.63, 3.8) is 0 Å². The molecule has 28 heavy (non-hydrogen) atoms. The van der Waals surface area contributed by atoms with E-state index in [2.05, 4.69) is 37.1 Å². The van der Waals surface area contributed by atoms with Gasteiger partial charge in [0.05, 0.1) is 13.1 Å². The number of rotatable bonds is 8. The van der Waals surface area contributed by atoms with E-state index in [1.807, 2.05) is 25.5 Å². The second-order valence-electron chi connectivity index (χ2n) is 5.90. The Morgan fingerprint density at radius 1 is 1.32 bits per heavy atom. The van der Waals surface area contributed by atoms with Gasteiger partial charge in [-0.05, 0) is 19.9 Å². The normalized spacial score (nSPS) is 11.1. The summed E-state index contributed by atoms with van der Waals surface area (Å²) in [5, 5.41) is 14.3. The van der Waals surface area contributed by atoms with E-state index in [0.717, 1.165) is 17.2 Å². The molecule has 0 unspecified atom stereocenters. The maximum Gasteiger partial charge on any atom is 0.387 e. The van der Waals surface area contributed by atoms with Gasteiger partial charge < -0.3 is 19.9 Å². The lowest BCUT2D eigenvalue weighted by Crippen LogP contribution is -2.37. The van der Waals surface area contributed by atoms with Gasteiger partial charge in [-0.25, -0.2) is 4.99 Å². The molecule has 0 aliphatic heterocycles. The monoisotopic (exact) mass is 506 g/mol. The largest absolute Gasteiger partial charge is 0.434 e. The van der Waals surface area contributed by atoms with Crippen LogP contribution in [0.5, 0.6) is 5.75 Å². The first kappa shape index (κ1) is 23.8. The van der Waals surface area contributed by atoms with Gasteiger partial charge in [0.25, 0.3) is 0 Å². The number of hydrogen-bond acceptors (Lipinski definition) is 4. The summed E-state index contributed by atoms with van der Waals surface area (Å²) < 4.78 is 31.7. The second kappa shape index (κ2) is 11.6. The molecule has 0 bridgehead atoms. The molecule has 1 aromatic heterocycles. The molecule has 0 aliphatic carbocycles. The number of aliphatic imine (C=N–C) groups is 1. The average Bonchev–Trinajstić information content (AvgIpc) is 2.94. The van der Waals surface area contributed by atoms with Crippen molar-refractivity contribution in [1.82, 2.24) is 25.4 Å². The number of ether oxygens (including phenoxy) is 1. The van der Waals surface area contributed by atoms with Crippen molar-refractivity contribution in [1.29, 1.82) is 0 Å². The third-order valence-corrected chi connectivity index (χ3v) is 3.85. The Bertz CT molecular complexity index is 809. The zero-order valence-corrected chi connectivity index (χ0v) is 18.4. The highest BCUT2D eigenvalue weighted by Crippen LogP contribution is 2.22. The van der Waals surface area contributed by atoms with Crippen LogP contribution in [0.25, 0.3) is 0 Å². The van der Waals surface area contributed by atoms with E-state index in [9.17, 15) is 8.78 Å². The number of nitrogens with one attached hydrogen (secondary N) is 2. The van der Waals surface area contributed by atoms with Crippen LogP contribution >= 0.6 is 24.0 Å². The molecule has 10 heteroatoms. The molecule has 0 saturated carbocycles. The molecule has 0 amide bonds. The van der Waals surface area contributed by atoms with E-state index in [-0.39, 0.29) is 36.3 Å². The van der Waals surface area contributed by atoms with Crippen molar-refractivity contribution in [2.45, 2.75) is 33.5 Å². The highest BCUT2D eigenvalue weighted by atomic mass is 127. The van der Waals surface area contributed by atoms with E-state index in [1.165, 1.54) is 6.07 Å². The summed E-state index contributed by atoms with van der Waals surface area (Å²) in [5.41, 5.74) is 1.51. The van der Waals surface area contributed by atoms with Crippen LogP contribution in [0.1, 0.15) is 22.8 Å². The van der Waals surface area contributed by atoms with Crippen molar-refractivity contribution in [2.75, 3.05) is 6.54 Å². The summed E-state index contributed by atoms with van der Waals surface area (Å²) in [5.74, 6) is 2.17. The van der Waals surface area contributed by atoms with E-state index in [1.54, 1.807) is 18.2 Å². The highest BCUT2D eigenvalue weighted by Gasteiger charge is 2.11. The van der Waals surface area contributed by atoms with Crippen LogP contribution in [0.15, 0.2) is 35.8 Å². The SMILES string of the molecule is C=CCNC(=NCc1cc(C)ccc1OC(F)F)NCc1nnc(C)n1C.I. The van der Waals surface area contributed by atoms with Gasteiger partial charge in [0.15, 0.2) is 11.8 Å². The van der Waals surface area contributed by atoms with Crippen LogP contribution in [-0.4, -0.2) is 33.9 Å². The fourth-order valence-corrected chi connectivity index (χ4v) is 2.32. The molecule has 1 aromatic carbocycles. The molecule has 0 fully saturated rings.